The molecule has 0 aliphatic heterocycles. The van der Waals surface area contributed by atoms with Crippen molar-refractivity contribution in [1.29, 1.82) is 0 Å². The highest BCUT2D eigenvalue weighted by Crippen LogP contribution is 2.23. The van der Waals surface area contributed by atoms with Crippen LogP contribution in [-0.4, -0.2) is 24.7 Å². The molecule has 0 aliphatic rings. The van der Waals surface area contributed by atoms with Crippen molar-refractivity contribution in [3.63, 3.8) is 0 Å². The number of thioether (sulfide) groups is 1. The van der Waals surface area contributed by atoms with Gasteiger partial charge in [-0.3, -0.25) is 4.79 Å². The molecule has 0 fully saturated rings. The minimum absolute atomic E-state index is 0.102. The summed E-state index contributed by atoms with van der Waals surface area (Å²) in [6.07, 6.45) is 0. The molecular formula is C16H14FNO3S. The lowest BCUT2D eigenvalue weighted by atomic mass is 10.2. The van der Waals surface area contributed by atoms with Gasteiger partial charge in [-0.25, -0.2) is 9.18 Å². The second-order valence-corrected chi connectivity index (χ2v) is 5.35. The van der Waals surface area contributed by atoms with Crippen LogP contribution in [0, 0.1) is 5.82 Å². The molecule has 2 aromatic carbocycles. The number of halogens is 1. The maximum atomic E-state index is 13.0. The van der Waals surface area contributed by atoms with E-state index in [9.17, 15) is 14.0 Å². The Hall–Kier alpha value is -2.34. The molecule has 2 aromatic rings. The van der Waals surface area contributed by atoms with Gasteiger partial charge in [-0.1, -0.05) is 18.2 Å². The van der Waals surface area contributed by atoms with Gasteiger partial charge in [-0.05, 0) is 30.3 Å². The summed E-state index contributed by atoms with van der Waals surface area (Å²) >= 11 is 1.22. The fourth-order valence-corrected chi connectivity index (χ4v) is 2.62. The molecule has 0 aliphatic carbocycles. The molecule has 114 valence electrons. The van der Waals surface area contributed by atoms with Gasteiger partial charge in [0.05, 0.1) is 18.4 Å². The lowest BCUT2D eigenvalue weighted by molar-refractivity contribution is -0.113. The van der Waals surface area contributed by atoms with Crippen LogP contribution < -0.4 is 5.32 Å². The molecule has 0 atom stereocenters. The molecule has 22 heavy (non-hydrogen) atoms. The van der Waals surface area contributed by atoms with Gasteiger partial charge < -0.3 is 10.1 Å². The van der Waals surface area contributed by atoms with Gasteiger partial charge >= 0.3 is 5.97 Å². The predicted octanol–water partition coefficient (Wildman–Crippen LogP) is 3.34. The van der Waals surface area contributed by atoms with Crippen molar-refractivity contribution >= 4 is 29.3 Å². The zero-order chi connectivity index (χ0) is 15.9. The molecule has 0 heterocycles. The number of esters is 1. The highest BCUT2D eigenvalue weighted by Gasteiger charge is 2.13. The molecular weight excluding hydrogens is 305 g/mol. The number of rotatable bonds is 5. The number of hydrogen-bond acceptors (Lipinski definition) is 4. The van der Waals surface area contributed by atoms with Crippen molar-refractivity contribution in [3.8, 4) is 0 Å². The summed E-state index contributed by atoms with van der Waals surface area (Å²) in [5, 5.41) is 2.60. The third-order valence-electron chi connectivity index (χ3n) is 2.76. The Morgan fingerprint density at radius 3 is 2.68 bits per heavy atom. The molecule has 0 saturated heterocycles. The highest BCUT2D eigenvalue weighted by atomic mass is 32.2. The van der Waals surface area contributed by atoms with Crippen molar-refractivity contribution in [2.45, 2.75) is 4.90 Å². The van der Waals surface area contributed by atoms with E-state index in [1.807, 2.05) is 0 Å². The molecule has 6 heteroatoms. The zero-order valence-corrected chi connectivity index (χ0v) is 12.7. The monoisotopic (exact) mass is 319 g/mol. The molecule has 4 nitrogen and oxygen atoms in total. The maximum Gasteiger partial charge on any atom is 0.338 e. The summed E-state index contributed by atoms with van der Waals surface area (Å²) < 4.78 is 17.7. The van der Waals surface area contributed by atoms with E-state index in [2.05, 4.69) is 5.32 Å². The first-order valence-corrected chi connectivity index (χ1v) is 7.44. The zero-order valence-electron chi connectivity index (χ0n) is 11.8. The van der Waals surface area contributed by atoms with Crippen LogP contribution in [-0.2, 0) is 9.53 Å². The van der Waals surface area contributed by atoms with E-state index in [0.29, 0.717) is 16.1 Å². The highest BCUT2D eigenvalue weighted by molar-refractivity contribution is 8.00. The summed E-state index contributed by atoms with van der Waals surface area (Å²) in [7, 11) is 1.31. The van der Waals surface area contributed by atoms with E-state index >= 15 is 0 Å². The second kappa shape index (κ2) is 7.61. The fourth-order valence-electron chi connectivity index (χ4n) is 1.78. The van der Waals surface area contributed by atoms with Crippen LogP contribution in [0.1, 0.15) is 10.4 Å². The molecule has 0 spiro atoms. The van der Waals surface area contributed by atoms with E-state index < -0.39 is 11.8 Å². The normalized spacial score (nSPS) is 10.1. The standard InChI is InChI=1S/C16H14FNO3S/c1-21-16(20)13-7-2-3-8-14(13)22-10-15(19)18-12-6-4-5-11(17)9-12/h2-9H,10H2,1H3,(H,18,19). The number of hydrogen-bond donors (Lipinski definition) is 1. The molecule has 2 rings (SSSR count). The van der Waals surface area contributed by atoms with E-state index in [1.54, 1.807) is 30.3 Å². The number of carbonyl (C=O) groups excluding carboxylic acids is 2. The first-order chi connectivity index (χ1) is 10.6. The predicted molar refractivity (Wildman–Crippen MR) is 83.5 cm³/mol. The van der Waals surface area contributed by atoms with E-state index in [1.165, 1.54) is 37.1 Å². The lowest BCUT2D eigenvalue weighted by Crippen LogP contribution is -2.14. The average molecular weight is 319 g/mol. The minimum Gasteiger partial charge on any atom is -0.465 e. The van der Waals surface area contributed by atoms with E-state index in [0.717, 1.165) is 0 Å². The largest absolute Gasteiger partial charge is 0.465 e. The molecule has 0 bridgehead atoms. The first-order valence-electron chi connectivity index (χ1n) is 6.45. The van der Waals surface area contributed by atoms with Crippen molar-refractivity contribution in [1.82, 2.24) is 0 Å². The molecule has 0 unspecified atom stereocenters. The van der Waals surface area contributed by atoms with Gasteiger partial charge in [-0.2, -0.15) is 0 Å². The third kappa shape index (κ3) is 4.33. The Morgan fingerprint density at radius 1 is 1.18 bits per heavy atom. The van der Waals surface area contributed by atoms with Crippen molar-refractivity contribution in [2.75, 3.05) is 18.2 Å². The van der Waals surface area contributed by atoms with Crippen LogP contribution in [0.3, 0.4) is 0 Å². The summed E-state index contributed by atoms with van der Waals surface area (Å²) in [6.45, 7) is 0. The number of ether oxygens (including phenoxy) is 1. The van der Waals surface area contributed by atoms with Gasteiger partial charge in [-0.15, -0.1) is 11.8 Å². The Bertz CT molecular complexity index is 691. The lowest BCUT2D eigenvalue weighted by Gasteiger charge is -2.08. The van der Waals surface area contributed by atoms with Gasteiger partial charge in [0.25, 0.3) is 0 Å². The summed E-state index contributed by atoms with van der Waals surface area (Å²) in [5.41, 5.74) is 0.806. The number of benzene rings is 2. The summed E-state index contributed by atoms with van der Waals surface area (Å²) in [5.74, 6) is -1.05. The summed E-state index contributed by atoms with van der Waals surface area (Å²) in [4.78, 5) is 24.2. The smallest absolute Gasteiger partial charge is 0.338 e. The van der Waals surface area contributed by atoms with Crippen molar-refractivity contribution < 1.29 is 18.7 Å². The topological polar surface area (TPSA) is 55.4 Å². The third-order valence-corrected chi connectivity index (χ3v) is 3.83. The number of nitrogens with one attached hydrogen (secondary N) is 1. The van der Waals surface area contributed by atoms with Gasteiger partial charge in [0.2, 0.25) is 5.91 Å². The van der Waals surface area contributed by atoms with Gasteiger partial charge in [0.15, 0.2) is 0 Å². The van der Waals surface area contributed by atoms with Crippen LogP contribution >= 0.6 is 11.8 Å². The van der Waals surface area contributed by atoms with Gasteiger partial charge in [0, 0.05) is 10.6 Å². The second-order valence-electron chi connectivity index (χ2n) is 4.33. The van der Waals surface area contributed by atoms with Crippen LogP contribution in [0.5, 0.6) is 0 Å². The molecule has 0 aromatic heterocycles. The van der Waals surface area contributed by atoms with Crippen LogP contribution in [0.2, 0.25) is 0 Å². The molecule has 0 radical (unpaired) electrons. The Labute approximate surface area is 131 Å². The molecule has 1 N–H and O–H groups in total. The fraction of sp³-hybridized carbons (Fsp3) is 0.125. The number of methoxy groups -OCH3 is 1. The molecule has 0 saturated carbocycles. The van der Waals surface area contributed by atoms with E-state index in [-0.39, 0.29) is 11.7 Å². The van der Waals surface area contributed by atoms with Crippen LogP contribution in [0.15, 0.2) is 53.4 Å². The van der Waals surface area contributed by atoms with Gasteiger partial charge in [0.1, 0.15) is 5.82 Å². The average Bonchev–Trinajstić information content (AvgIpc) is 2.52. The van der Waals surface area contributed by atoms with Crippen molar-refractivity contribution in [3.05, 3.63) is 59.9 Å². The Kier molecular flexibility index (Phi) is 5.55. The maximum absolute atomic E-state index is 13.0. The van der Waals surface area contributed by atoms with E-state index in [4.69, 9.17) is 4.74 Å². The molecule has 1 amide bonds. The quantitative estimate of drug-likeness (QED) is 0.678. The number of amides is 1. The van der Waals surface area contributed by atoms with Crippen LogP contribution in [0.4, 0.5) is 10.1 Å². The SMILES string of the molecule is COC(=O)c1ccccc1SCC(=O)Nc1cccc(F)c1. The minimum atomic E-state index is -0.450. The van der Waals surface area contributed by atoms with Crippen molar-refractivity contribution in [2.24, 2.45) is 0 Å². The Balaban J connectivity index is 1.98. The Morgan fingerprint density at radius 2 is 1.95 bits per heavy atom. The number of carbonyl (C=O) groups is 2. The first kappa shape index (κ1) is 16.0. The summed E-state index contributed by atoms with van der Waals surface area (Å²) in [6, 6.07) is 12.5. The number of anilines is 1. The van der Waals surface area contributed by atoms with Crippen LogP contribution in [0.25, 0.3) is 0 Å².